The maximum absolute atomic E-state index is 12.2. The number of aromatic nitrogens is 1. The summed E-state index contributed by atoms with van der Waals surface area (Å²) < 4.78 is 36.5. The minimum atomic E-state index is -3.71. The highest BCUT2D eigenvalue weighted by Gasteiger charge is 2.24. The number of esters is 1. The van der Waals surface area contributed by atoms with Gasteiger partial charge >= 0.3 is 5.97 Å². The lowest BCUT2D eigenvalue weighted by Crippen LogP contribution is -2.29. The van der Waals surface area contributed by atoms with Crippen molar-refractivity contribution in [2.24, 2.45) is 12.8 Å². The first-order valence-corrected chi connectivity index (χ1v) is 13.8. The summed E-state index contributed by atoms with van der Waals surface area (Å²) >= 11 is 6.09. The van der Waals surface area contributed by atoms with Crippen molar-refractivity contribution < 1.29 is 32.6 Å². The SMILES string of the molecule is Cc1cc(Cl)c2cc(C(N)=O)n(C)c2c1.O=C(CS(=O)(=O)c1ccc(CCO)cc1)OC1CCOCC1. The molecule has 200 valence electrons. The van der Waals surface area contributed by atoms with Crippen LogP contribution < -0.4 is 5.73 Å². The number of aryl methyl sites for hydroxylation is 2. The highest BCUT2D eigenvalue weighted by atomic mass is 35.5. The van der Waals surface area contributed by atoms with Gasteiger partial charge in [-0.2, -0.15) is 0 Å². The fourth-order valence-corrected chi connectivity index (χ4v) is 5.42. The standard InChI is InChI=1S/C15H20O6S.C11H11ClN2O/c16-8-5-12-1-3-14(4-2-12)22(18,19)11-15(17)21-13-6-9-20-10-7-13;1-6-3-8(12)7-5-10(11(13)15)14(2)9(7)4-6/h1-4,13,16H,5-11H2;3-5H,1-2H3,(H2,13,15). The third kappa shape index (κ3) is 7.54. The molecule has 0 spiro atoms. The largest absolute Gasteiger partial charge is 0.461 e. The van der Waals surface area contributed by atoms with Gasteiger partial charge < -0.3 is 24.9 Å². The number of primary amides is 1. The lowest BCUT2D eigenvalue weighted by atomic mass is 10.2. The molecular formula is C26H31ClN2O7S. The number of carbonyl (C=O) groups excluding carboxylic acids is 2. The van der Waals surface area contributed by atoms with E-state index in [0.29, 0.717) is 43.2 Å². The molecule has 1 amide bonds. The topological polar surface area (TPSA) is 138 Å². The molecule has 11 heteroatoms. The second kappa shape index (κ2) is 12.6. The van der Waals surface area contributed by atoms with E-state index >= 15 is 0 Å². The maximum atomic E-state index is 12.2. The molecule has 0 atom stereocenters. The Labute approximate surface area is 221 Å². The van der Waals surface area contributed by atoms with Crippen LogP contribution in [0.3, 0.4) is 0 Å². The number of halogens is 1. The number of amides is 1. The normalized spacial score (nSPS) is 14.2. The average molecular weight is 551 g/mol. The van der Waals surface area contributed by atoms with E-state index in [9.17, 15) is 18.0 Å². The Kier molecular flexibility index (Phi) is 9.72. The van der Waals surface area contributed by atoms with E-state index < -0.39 is 27.5 Å². The molecule has 3 aromatic rings. The van der Waals surface area contributed by atoms with Gasteiger partial charge in [0.15, 0.2) is 15.6 Å². The van der Waals surface area contributed by atoms with Gasteiger partial charge in [-0.1, -0.05) is 23.7 Å². The summed E-state index contributed by atoms with van der Waals surface area (Å²) in [6.45, 7) is 3.01. The van der Waals surface area contributed by atoms with Crippen molar-refractivity contribution >= 4 is 44.2 Å². The monoisotopic (exact) mass is 550 g/mol. The van der Waals surface area contributed by atoms with Crippen molar-refractivity contribution in [2.45, 2.75) is 37.2 Å². The number of nitrogens with zero attached hydrogens (tertiary/aromatic N) is 1. The van der Waals surface area contributed by atoms with Gasteiger partial charge in [0.05, 0.1) is 28.6 Å². The second-order valence-electron chi connectivity index (χ2n) is 8.81. The zero-order valence-corrected chi connectivity index (χ0v) is 22.3. The van der Waals surface area contributed by atoms with E-state index in [1.807, 2.05) is 19.1 Å². The molecule has 0 radical (unpaired) electrons. The molecule has 0 aliphatic carbocycles. The Balaban J connectivity index is 0.000000220. The number of carbonyl (C=O) groups is 2. The van der Waals surface area contributed by atoms with Gasteiger partial charge in [-0.3, -0.25) is 9.59 Å². The molecule has 37 heavy (non-hydrogen) atoms. The van der Waals surface area contributed by atoms with Crippen molar-refractivity contribution in [3.63, 3.8) is 0 Å². The number of ether oxygens (including phenoxy) is 2. The molecule has 1 fully saturated rings. The van der Waals surface area contributed by atoms with Crippen LogP contribution in [0.5, 0.6) is 0 Å². The minimum absolute atomic E-state index is 0.00350. The predicted molar refractivity (Wildman–Crippen MR) is 140 cm³/mol. The van der Waals surface area contributed by atoms with Crippen molar-refractivity contribution in [1.29, 1.82) is 0 Å². The number of fused-ring (bicyclic) bond motifs is 1. The molecule has 1 aliphatic rings. The van der Waals surface area contributed by atoms with Gasteiger partial charge in [-0.25, -0.2) is 8.42 Å². The fourth-order valence-electron chi connectivity index (χ4n) is 4.00. The van der Waals surface area contributed by atoms with Crippen LogP contribution in [-0.2, 0) is 37.6 Å². The van der Waals surface area contributed by atoms with Gasteiger partial charge in [0.25, 0.3) is 5.91 Å². The Morgan fingerprint density at radius 1 is 1.16 bits per heavy atom. The van der Waals surface area contributed by atoms with Gasteiger partial charge in [-0.15, -0.1) is 0 Å². The number of nitrogens with two attached hydrogens (primary N) is 1. The first-order valence-electron chi connectivity index (χ1n) is 11.8. The lowest BCUT2D eigenvalue weighted by molar-refractivity contribution is -0.149. The van der Waals surface area contributed by atoms with Crippen molar-refractivity contribution in [2.75, 3.05) is 25.6 Å². The van der Waals surface area contributed by atoms with Gasteiger partial charge in [0.1, 0.15) is 11.8 Å². The van der Waals surface area contributed by atoms with Crippen LogP contribution in [0.1, 0.15) is 34.5 Å². The van der Waals surface area contributed by atoms with Crippen molar-refractivity contribution in [3.8, 4) is 0 Å². The van der Waals surface area contributed by atoms with Crippen LogP contribution in [-0.4, -0.2) is 61.6 Å². The molecule has 1 aromatic heterocycles. The smallest absolute Gasteiger partial charge is 0.321 e. The number of aliphatic hydroxyl groups is 1. The van der Waals surface area contributed by atoms with E-state index in [1.54, 1.807) is 29.8 Å². The summed E-state index contributed by atoms with van der Waals surface area (Å²) in [6, 6.07) is 11.7. The molecule has 2 heterocycles. The van der Waals surface area contributed by atoms with Gasteiger partial charge in [-0.05, 0) is 54.8 Å². The summed E-state index contributed by atoms with van der Waals surface area (Å²) in [5, 5.41) is 10.3. The number of benzene rings is 2. The highest BCUT2D eigenvalue weighted by Crippen LogP contribution is 2.27. The molecule has 1 aliphatic heterocycles. The Morgan fingerprint density at radius 2 is 1.81 bits per heavy atom. The summed E-state index contributed by atoms with van der Waals surface area (Å²) in [5.41, 5.74) is 8.56. The minimum Gasteiger partial charge on any atom is -0.461 e. The van der Waals surface area contributed by atoms with Crippen LogP contribution in [0.4, 0.5) is 0 Å². The molecule has 0 saturated carbocycles. The molecule has 4 rings (SSSR count). The average Bonchev–Trinajstić information content (AvgIpc) is 3.17. The van der Waals surface area contributed by atoms with E-state index in [4.69, 9.17) is 31.9 Å². The molecule has 2 aromatic carbocycles. The van der Waals surface area contributed by atoms with Crippen molar-refractivity contribution in [3.05, 3.63) is 64.3 Å². The van der Waals surface area contributed by atoms with Crippen LogP contribution in [0.25, 0.3) is 10.9 Å². The van der Waals surface area contributed by atoms with Crippen LogP contribution in [0.2, 0.25) is 5.02 Å². The summed E-state index contributed by atoms with van der Waals surface area (Å²) in [5.74, 6) is -1.84. The number of hydrogen-bond acceptors (Lipinski definition) is 7. The predicted octanol–water partition coefficient (Wildman–Crippen LogP) is 2.96. The summed E-state index contributed by atoms with van der Waals surface area (Å²) in [4.78, 5) is 23.0. The van der Waals surface area contributed by atoms with E-state index in [2.05, 4.69) is 0 Å². The van der Waals surface area contributed by atoms with E-state index in [0.717, 1.165) is 22.0 Å². The lowest BCUT2D eigenvalue weighted by Gasteiger charge is -2.22. The summed E-state index contributed by atoms with van der Waals surface area (Å²) in [7, 11) is -1.91. The third-order valence-electron chi connectivity index (χ3n) is 5.97. The maximum Gasteiger partial charge on any atom is 0.321 e. The quantitative estimate of drug-likeness (QED) is 0.431. The Morgan fingerprint density at radius 3 is 2.41 bits per heavy atom. The van der Waals surface area contributed by atoms with E-state index in [1.165, 1.54) is 12.1 Å². The zero-order valence-electron chi connectivity index (χ0n) is 20.8. The molecule has 0 bridgehead atoms. The Hall–Kier alpha value is -2.92. The second-order valence-corrected chi connectivity index (χ2v) is 11.2. The van der Waals surface area contributed by atoms with Crippen LogP contribution in [0.15, 0.2) is 47.4 Å². The Bertz CT molecular complexity index is 1360. The van der Waals surface area contributed by atoms with Gasteiger partial charge in [0.2, 0.25) is 0 Å². The molecule has 3 N–H and O–H groups in total. The van der Waals surface area contributed by atoms with Crippen LogP contribution in [0, 0.1) is 6.92 Å². The molecular weight excluding hydrogens is 520 g/mol. The number of hydrogen-bond donors (Lipinski definition) is 2. The fraction of sp³-hybridized carbons (Fsp3) is 0.385. The molecule has 1 saturated heterocycles. The number of aliphatic hydroxyl groups excluding tert-OH is 1. The van der Waals surface area contributed by atoms with E-state index in [-0.39, 0.29) is 17.6 Å². The summed E-state index contributed by atoms with van der Waals surface area (Å²) in [6.07, 6.45) is 1.40. The number of rotatable bonds is 7. The first kappa shape index (κ1) is 28.6. The molecule has 0 unspecified atom stereocenters. The number of sulfone groups is 1. The van der Waals surface area contributed by atoms with Gasteiger partial charge in [0, 0.05) is 31.9 Å². The third-order valence-corrected chi connectivity index (χ3v) is 7.88. The highest BCUT2D eigenvalue weighted by molar-refractivity contribution is 7.92. The first-order chi connectivity index (χ1) is 17.5. The zero-order chi connectivity index (χ0) is 27.2. The van der Waals surface area contributed by atoms with Crippen molar-refractivity contribution in [1.82, 2.24) is 4.57 Å². The molecule has 9 nitrogen and oxygen atoms in total. The van der Waals surface area contributed by atoms with Crippen LogP contribution >= 0.6 is 11.6 Å².